The Morgan fingerprint density at radius 3 is 2.05 bits per heavy atom. The molecule has 19 heavy (non-hydrogen) atoms. The van der Waals surface area contributed by atoms with Crippen LogP contribution in [-0.4, -0.2) is 13.3 Å². The third kappa shape index (κ3) is 3.30. The molecule has 106 valence electrons. The summed E-state index contributed by atoms with van der Waals surface area (Å²) >= 11 is 0. The van der Waals surface area contributed by atoms with Crippen molar-refractivity contribution in [3.63, 3.8) is 0 Å². The molecule has 0 radical (unpaired) electrons. The average molecular weight is 286 g/mol. The lowest BCUT2D eigenvalue weighted by atomic mass is 10.0. The lowest BCUT2D eigenvalue weighted by molar-refractivity contribution is -0.143. The van der Waals surface area contributed by atoms with Crippen LogP contribution < -0.4 is 10.6 Å². The summed E-state index contributed by atoms with van der Waals surface area (Å²) in [5.41, 5.74) is -3.65. The average Bonchev–Trinajstić information content (AvgIpc) is 2.26. The van der Waals surface area contributed by atoms with E-state index >= 15 is 0 Å². The maximum Gasteiger partial charge on any atom is 0.417 e. The Labute approximate surface area is 103 Å². The number of rotatable bonds is 2. The zero-order chi connectivity index (χ0) is 14.8. The lowest BCUT2D eigenvalue weighted by Crippen LogP contribution is -2.15. The Balaban J connectivity index is 3.64. The van der Waals surface area contributed by atoms with Crippen molar-refractivity contribution >= 4 is 6.21 Å². The summed E-state index contributed by atoms with van der Waals surface area (Å²) in [7, 11) is 0.948. The van der Waals surface area contributed by atoms with Crippen LogP contribution in [0.4, 0.5) is 26.3 Å². The molecule has 1 rings (SSSR count). The molecule has 0 aliphatic heterocycles. The summed E-state index contributed by atoms with van der Waals surface area (Å²) in [5.74, 6) is 4.13. The van der Waals surface area contributed by atoms with E-state index in [-0.39, 0.29) is 6.07 Å². The van der Waals surface area contributed by atoms with Gasteiger partial charge in [0.05, 0.1) is 24.5 Å². The molecule has 0 atom stereocenters. The van der Waals surface area contributed by atoms with Gasteiger partial charge in [-0.1, -0.05) is 0 Å². The number of methoxy groups -OCH3 is 1. The van der Waals surface area contributed by atoms with Crippen LogP contribution in [0.2, 0.25) is 0 Å². The molecule has 0 aliphatic rings. The van der Waals surface area contributed by atoms with E-state index in [9.17, 15) is 26.3 Å². The summed E-state index contributed by atoms with van der Waals surface area (Å²) in [6, 6.07) is 0.436. The standard InChI is InChI=1S/C10H8F6N2O/c1-19-8-3-5(9(11,12)13)2-7(10(14,15)16)6(8)4-18-17/h2-4H,17H2,1H3. The highest BCUT2D eigenvalue weighted by atomic mass is 19.4. The van der Waals surface area contributed by atoms with Crippen LogP contribution in [0.3, 0.4) is 0 Å². The van der Waals surface area contributed by atoms with Gasteiger partial charge in [0, 0.05) is 5.56 Å². The number of nitrogens with two attached hydrogens (primary N) is 1. The molecule has 0 saturated heterocycles. The highest BCUT2D eigenvalue weighted by molar-refractivity contribution is 5.86. The minimum atomic E-state index is -4.99. The molecule has 0 bridgehead atoms. The smallest absolute Gasteiger partial charge is 0.417 e. The minimum Gasteiger partial charge on any atom is -0.496 e. The van der Waals surface area contributed by atoms with E-state index in [0.717, 1.165) is 7.11 Å². The molecule has 0 amide bonds. The van der Waals surface area contributed by atoms with Gasteiger partial charge in [-0.3, -0.25) is 0 Å². The van der Waals surface area contributed by atoms with Gasteiger partial charge in [0.15, 0.2) is 0 Å². The van der Waals surface area contributed by atoms with Gasteiger partial charge in [-0.2, -0.15) is 31.4 Å². The summed E-state index contributed by atoms with van der Waals surface area (Å²) in [5, 5.41) is 2.89. The Morgan fingerprint density at radius 1 is 1.11 bits per heavy atom. The number of nitrogens with zero attached hydrogens (tertiary/aromatic N) is 1. The van der Waals surface area contributed by atoms with Crippen molar-refractivity contribution in [3.05, 3.63) is 28.8 Å². The van der Waals surface area contributed by atoms with Crippen molar-refractivity contribution < 1.29 is 31.1 Å². The molecular formula is C10H8F6N2O. The number of ether oxygens (including phenoxy) is 1. The summed E-state index contributed by atoms with van der Waals surface area (Å²) in [6.45, 7) is 0. The van der Waals surface area contributed by atoms with Crippen LogP contribution in [0.15, 0.2) is 17.2 Å². The Kier molecular flexibility index (Phi) is 3.97. The fourth-order valence-corrected chi connectivity index (χ4v) is 1.40. The fourth-order valence-electron chi connectivity index (χ4n) is 1.40. The Bertz CT molecular complexity index is 492. The van der Waals surface area contributed by atoms with Crippen molar-refractivity contribution in [2.45, 2.75) is 12.4 Å². The highest BCUT2D eigenvalue weighted by Gasteiger charge is 2.39. The van der Waals surface area contributed by atoms with Gasteiger partial charge in [-0.15, -0.1) is 0 Å². The quantitative estimate of drug-likeness (QED) is 0.393. The lowest BCUT2D eigenvalue weighted by Gasteiger charge is -2.16. The van der Waals surface area contributed by atoms with Crippen molar-refractivity contribution in [2.75, 3.05) is 7.11 Å². The minimum absolute atomic E-state index is 0.0144. The van der Waals surface area contributed by atoms with E-state index in [1.807, 2.05) is 0 Å². The van der Waals surface area contributed by atoms with Crippen molar-refractivity contribution in [3.8, 4) is 5.75 Å². The number of alkyl halides is 6. The van der Waals surface area contributed by atoms with Crippen LogP contribution in [0, 0.1) is 0 Å². The molecule has 0 fully saturated rings. The molecule has 0 spiro atoms. The van der Waals surface area contributed by atoms with Crippen LogP contribution in [0.25, 0.3) is 0 Å². The largest absolute Gasteiger partial charge is 0.496 e. The molecule has 0 saturated carbocycles. The van der Waals surface area contributed by atoms with Gasteiger partial charge >= 0.3 is 12.4 Å². The number of hydrazone groups is 1. The van der Waals surface area contributed by atoms with E-state index in [4.69, 9.17) is 5.84 Å². The van der Waals surface area contributed by atoms with E-state index in [0.29, 0.717) is 12.3 Å². The van der Waals surface area contributed by atoms with Crippen molar-refractivity contribution in [1.29, 1.82) is 0 Å². The topological polar surface area (TPSA) is 47.6 Å². The first-order valence-corrected chi connectivity index (χ1v) is 4.71. The number of hydrogen-bond donors (Lipinski definition) is 1. The SMILES string of the molecule is COc1cc(C(F)(F)F)cc(C(F)(F)F)c1C=NN. The molecule has 9 heteroatoms. The summed E-state index contributed by atoms with van der Waals surface area (Å²) in [6.07, 6.45) is -9.33. The van der Waals surface area contributed by atoms with Crippen molar-refractivity contribution in [2.24, 2.45) is 10.9 Å². The fraction of sp³-hybridized carbons (Fsp3) is 0.300. The second-order valence-electron chi connectivity index (χ2n) is 3.41. The van der Waals surface area contributed by atoms with Crippen LogP contribution >= 0.6 is 0 Å². The molecule has 1 aromatic rings. The number of benzene rings is 1. The molecule has 0 unspecified atom stereocenters. The van der Waals surface area contributed by atoms with Gasteiger partial charge in [-0.05, 0) is 12.1 Å². The molecule has 0 aliphatic carbocycles. The molecule has 0 aromatic heterocycles. The normalized spacial score (nSPS) is 13.0. The van der Waals surface area contributed by atoms with Crippen LogP contribution in [0.1, 0.15) is 16.7 Å². The zero-order valence-corrected chi connectivity index (χ0v) is 9.43. The Morgan fingerprint density at radius 2 is 1.68 bits per heavy atom. The predicted molar refractivity (Wildman–Crippen MR) is 54.8 cm³/mol. The second-order valence-corrected chi connectivity index (χ2v) is 3.41. The van der Waals surface area contributed by atoms with Gasteiger partial charge < -0.3 is 10.6 Å². The third-order valence-electron chi connectivity index (χ3n) is 2.20. The predicted octanol–water partition coefficient (Wildman–Crippen LogP) is 3.03. The first-order chi connectivity index (χ1) is 8.61. The van der Waals surface area contributed by atoms with Crippen LogP contribution in [0.5, 0.6) is 5.75 Å². The van der Waals surface area contributed by atoms with Gasteiger partial charge in [0.1, 0.15) is 5.75 Å². The van der Waals surface area contributed by atoms with Gasteiger partial charge in [-0.25, -0.2) is 0 Å². The first-order valence-electron chi connectivity index (χ1n) is 4.71. The van der Waals surface area contributed by atoms with E-state index < -0.39 is 34.8 Å². The number of halogens is 6. The summed E-state index contributed by atoms with van der Waals surface area (Å²) in [4.78, 5) is 0. The van der Waals surface area contributed by atoms with Gasteiger partial charge in [0.25, 0.3) is 0 Å². The first kappa shape index (κ1) is 15.1. The van der Waals surface area contributed by atoms with Crippen molar-refractivity contribution in [1.82, 2.24) is 0 Å². The molecular weight excluding hydrogens is 278 g/mol. The van der Waals surface area contributed by atoms with E-state index in [1.165, 1.54) is 0 Å². The third-order valence-corrected chi connectivity index (χ3v) is 2.20. The van der Waals surface area contributed by atoms with Gasteiger partial charge in [0.2, 0.25) is 0 Å². The van der Waals surface area contributed by atoms with Crippen LogP contribution in [-0.2, 0) is 12.4 Å². The summed E-state index contributed by atoms with van der Waals surface area (Å²) < 4.78 is 80.2. The maximum absolute atomic E-state index is 12.7. The Hall–Kier alpha value is -1.93. The molecule has 3 nitrogen and oxygen atoms in total. The zero-order valence-electron chi connectivity index (χ0n) is 9.43. The number of hydrogen-bond acceptors (Lipinski definition) is 3. The monoisotopic (exact) mass is 286 g/mol. The molecule has 0 heterocycles. The molecule has 2 N–H and O–H groups in total. The molecule has 1 aromatic carbocycles. The van der Waals surface area contributed by atoms with E-state index in [1.54, 1.807) is 0 Å². The highest BCUT2D eigenvalue weighted by Crippen LogP contribution is 2.40. The second kappa shape index (κ2) is 4.98. The van der Waals surface area contributed by atoms with E-state index in [2.05, 4.69) is 9.84 Å². The maximum atomic E-state index is 12.7.